The van der Waals surface area contributed by atoms with Gasteiger partial charge in [-0.25, -0.2) is 4.79 Å². The Bertz CT molecular complexity index is 151. The molecule has 0 aromatic carbocycles. The lowest BCUT2D eigenvalue weighted by Gasteiger charge is -1.86. The van der Waals surface area contributed by atoms with Crippen molar-refractivity contribution in [2.45, 2.75) is 19.8 Å². The molecule has 0 aromatic rings. The van der Waals surface area contributed by atoms with Gasteiger partial charge in [-0.1, -0.05) is 0 Å². The molecule has 5 nitrogen and oxygen atoms in total. The molecule has 0 unspecified atom stereocenters. The summed E-state index contributed by atoms with van der Waals surface area (Å²) in [7, 11) is 0. The molecular weight excluding hydrogens is 198 g/mol. The first-order valence-corrected chi connectivity index (χ1v) is 4.16. The lowest BCUT2D eigenvalue weighted by Crippen LogP contribution is -2.02. The second-order valence-electron chi connectivity index (χ2n) is 1.96. The highest BCUT2D eigenvalue weighted by Gasteiger charge is 1.91. The van der Waals surface area contributed by atoms with Crippen LogP contribution < -0.4 is 5.73 Å². The zero-order valence-corrected chi connectivity index (χ0v) is 8.21. The number of rotatable bonds is 4. The highest BCUT2D eigenvalue weighted by atomic mass is 35.5. The number of hydrogen-bond acceptors (Lipinski definition) is 4. The van der Waals surface area contributed by atoms with E-state index in [0.717, 1.165) is 0 Å². The fourth-order valence-corrected chi connectivity index (χ4v) is 0.476. The van der Waals surface area contributed by atoms with Crippen LogP contribution in [0.3, 0.4) is 0 Å². The lowest BCUT2D eigenvalue weighted by atomic mass is 10.3. The molecule has 0 aliphatic carbocycles. The van der Waals surface area contributed by atoms with Crippen LogP contribution in [0.15, 0.2) is 0 Å². The zero-order valence-electron chi connectivity index (χ0n) is 7.46. The van der Waals surface area contributed by atoms with Crippen molar-refractivity contribution < 1.29 is 19.4 Å². The molecule has 0 saturated heterocycles. The molecule has 78 valence electrons. The van der Waals surface area contributed by atoms with Crippen molar-refractivity contribution in [2.75, 3.05) is 13.2 Å². The van der Waals surface area contributed by atoms with E-state index in [2.05, 4.69) is 4.74 Å². The number of aliphatic carboxylic acids is 1. The molecule has 0 saturated carbocycles. The monoisotopic (exact) mass is 211 g/mol. The van der Waals surface area contributed by atoms with E-state index in [9.17, 15) is 9.59 Å². The van der Waals surface area contributed by atoms with Crippen LogP contribution in [0.4, 0.5) is 4.79 Å². The normalized spacial score (nSPS) is 8.23. The Balaban J connectivity index is 0. The molecule has 0 bridgehead atoms. The predicted molar refractivity (Wildman–Crippen MR) is 48.8 cm³/mol. The molecular formula is C7H14ClNO4. The summed E-state index contributed by atoms with van der Waals surface area (Å²) in [5.41, 5.74) is 4.28. The number of hydrogen-bond donors (Lipinski definition) is 2. The second kappa shape index (κ2) is 11.2. The average Bonchev–Trinajstić information content (AvgIpc) is 2.01. The van der Waals surface area contributed by atoms with E-state index < -0.39 is 11.4 Å². The van der Waals surface area contributed by atoms with Crippen LogP contribution in [0.25, 0.3) is 0 Å². The van der Waals surface area contributed by atoms with Gasteiger partial charge in [0.25, 0.3) is 0 Å². The second-order valence-corrected chi connectivity index (χ2v) is 2.27. The largest absolute Gasteiger partial charge is 0.481 e. The number of nitrogens with two attached hydrogens (primary N) is 1. The van der Waals surface area contributed by atoms with Crippen molar-refractivity contribution in [1.29, 1.82) is 0 Å². The highest BCUT2D eigenvalue weighted by Crippen LogP contribution is 1.83. The Kier molecular flexibility index (Phi) is 12.7. The van der Waals surface area contributed by atoms with Crippen LogP contribution in [-0.2, 0) is 9.53 Å². The Hall–Kier alpha value is -0.810. The van der Waals surface area contributed by atoms with Crippen LogP contribution in [0, 0.1) is 0 Å². The summed E-state index contributed by atoms with van der Waals surface area (Å²) >= 11 is 4.72. The summed E-state index contributed by atoms with van der Waals surface area (Å²) in [5.74, 6) is -0.773. The van der Waals surface area contributed by atoms with Gasteiger partial charge in [-0.3, -0.25) is 4.79 Å². The van der Waals surface area contributed by atoms with Gasteiger partial charge in [0.15, 0.2) is 0 Å². The molecule has 3 N–H and O–H groups in total. The van der Waals surface area contributed by atoms with Gasteiger partial charge < -0.3 is 15.6 Å². The summed E-state index contributed by atoms with van der Waals surface area (Å²) < 4.78 is 4.17. The maximum Gasteiger partial charge on any atom is 0.403 e. The molecule has 0 rings (SSSR count). The predicted octanol–water partition coefficient (Wildman–Crippen LogP) is 1.19. The first-order valence-electron chi connectivity index (χ1n) is 3.78. The summed E-state index contributed by atoms with van der Waals surface area (Å²) in [6.45, 7) is 2.51. The summed E-state index contributed by atoms with van der Waals surface area (Å²) in [6.07, 6.45) is 0.770. The third kappa shape index (κ3) is 24.7. The van der Waals surface area contributed by atoms with Gasteiger partial charge in [0, 0.05) is 18.0 Å². The maximum atomic E-state index is 9.70. The van der Waals surface area contributed by atoms with E-state index in [1.807, 2.05) is 0 Å². The van der Waals surface area contributed by atoms with Crippen molar-refractivity contribution >= 4 is 23.0 Å². The molecule has 0 heterocycles. The molecule has 0 radical (unpaired) electrons. The summed E-state index contributed by atoms with van der Waals surface area (Å²) in [4.78, 5) is 19.3. The summed E-state index contributed by atoms with van der Waals surface area (Å²) in [5, 5.41) is 7.99. The molecule has 0 fully saturated rings. The number of halogens is 1. The van der Waals surface area contributed by atoms with Gasteiger partial charge in [0.05, 0.1) is 6.61 Å². The van der Waals surface area contributed by atoms with Crippen molar-refractivity contribution in [3.8, 4) is 0 Å². The van der Waals surface area contributed by atoms with E-state index in [1.165, 1.54) is 0 Å². The van der Waals surface area contributed by atoms with Gasteiger partial charge in [-0.15, -0.1) is 0 Å². The van der Waals surface area contributed by atoms with Gasteiger partial charge in [0.2, 0.25) is 0 Å². The Morgan fingerprint density at radius 2 is 2.08 bits per heavy atom. The quantitative estimate of drug-likeness (QED) is 0.682. The molecule has 0 amide bonds. The van der Waals surface area contributed by atoms with Crippen LogP contribution in [0.2, 0.25) is 0 Å². The van der Waals surface area contributed by atoms with Crippen LogP contribution in [-0.4, -0.2) is 29.7 Å². The number of ether oxygens (including phenoxy) is 1. The van der Waals surface area contributed by atoms with Crippen LogP contribution in [0.5, 0.6) is 0 Å². The number of carboxylic acids is 1. The third-order valence-corrected chi connectivity index (χ3v) is 0.962. The smallest absolute Gasteiger partial charge is 0.403 e. The van der Waals surface area contributed by atoms with Crippen molar-refractivity contribution in [2.24, 2.45) is 5.73 Å². The molecule has 0 spiro atoms. The standard InChI is InChI=1S/C4H9NO2.C3H5ClO2/c5-3-1-2-4(6)7;1-2-6-3(4)5/h1-3,5H2,(H,6,7);2H2,1H3. The zero-order chi connectivity index (χ0) is 10.7. The van der Waals surface area contributed by atoms with Crippen molar-refractivity contribution in [3.05, 3.63) is 0 Å². The minimum Gasteiger partial charge on any atom is -0.481 e. The molecule has 6 heteroatoms. The topological polar surface area (TPSA) is 89.6 Å². The Labute approximate surface area is 81.8 Å². The molecule has 0 aromatic heterocycles. The van der Waals surface area contributed by atoms with E-state index in [0.29, 0.717) is 19.6 Å². The van der Waals surface area contributed by atoms with E-state index >= 15 is 0 Å². The maximum absolute atomic E-state index is 9.70. The minimum absolute atomic E-state index is 0.191. The van der Waals surface area contributed by atoms with E-state index in [4.69, 9.17) is 22.4 Å². The first-order chi connectivity index (χ1) is 6.04. The fraction of sp³-hybridized carbons (Fsp3) is 0.714. The SMILES string of the molecule is CCOC(=O)Cl.NCCCC(=O)O. The third-order valence-electron chi connectivity index (χ3n) is 0.853. The van der Waals surface area contributed by atoms with Crippen LogP contribution in [0.1, 0.15) is 19.8 Å². The van der Waals surface area contributed by atoms with Gasteiger partial charge >= 0.3 is 11.4 Å². The van der Waals surface area contributed by atoms with E-state index in [1.54, 1.807) is 6.92 Å². The van der Waals surface area contributed by atoms with Gasteiger partial charge in [-0.2, -0.15) is 0 Å². The van der Waals surface area contributed by atoms with Crippen LogP contribution >= 0.6 is 11.6 Å². The number of carboxylic acid groups (broad SMARTS) is 1. The molecule has 0 aliphatic rings. The molecule has 0 aliphatic heterocycles. The number of carbonyl (C=O) groups excluding carboxylic acids is 1. The first kappa shape index (κ1) is 14.7. The Morgan fingerprint density at radius 1 is 1.54 bits per heavy atom. The highest BCUT2D eigenvalue weighted by molar-refractivity contribution is 6.61. The Morgan fingerprint density at radius 3 is 2.15 bits per heavy atom. The lowest BCUT2D eigenvalue weighted by molar-refractivity contribution is -0.137. The van der Waals surface area contributed by atoms with Gasteiger partial charge in [-0.05, 0) is 19.9 Å². The van der Waals surface area contributed by atoms with Gasteiger partial charge in [0.1, 0.15) is 0 Å². The number of carbonyl (C=O) groups is 2. The molecule has 0 atom stereocenters. The molecule has 13 heavy (non-hydrogen) atoms. The van der Waals surface area contributed by atoms with Crippen molar-refractivity contribution in [3.63, 3.8) is 0 Å². The van der Waals surface area contributed by atoms with E-state index in [-0.39, 0.29) is 6.42 Å². The average molecular weight is 212 g/mol. The van der Waals surface area contributed by atoms with Crippen molar-refractivity contribution in [1.82, 2.24) is 0 Å². The summed E-state index contributed by atoms with van der Waals surface area (Å²) in [6, 6.07) is 0. The fourth-order valence-electron chi connectivity index (χ4n) is 0.367. The minimum atomic E-state index is -0.773.